The average molecular weight is 253 g/mol. The van der Waals surface area contributed by atoms with Crippen molar-refractivity contribution in [2.45, 2.75) is 38.2 Å². The standard InChI is InChI=1S/C14H23NO3/c1-13(3-5-15-9-13)12(16)11-2-6-18-14(8-11)4-7-17-10-14/h11,15H,2-10H2,1H3. The number of hydrogen-bond donors (Lipinski definition) is 1. The number of rotatable bonds is 2. The lowest BCUT2D eigenvalue weighted by molar-refractivity contribution is -0.144. The molecule has 3 saturated heterocycles. The fraction of sp³-hybridized carbons (Fsp3) is 0.929. The highest BCUT2D eigenvalue weighted by Gasteiger charge is 2.47. The molecule has 0 radical (unpaired) electrons. The molecule has 1 spiro atoms. The van der Waals surface area contributed by atoms with Gasteiger partial charge in [0.1, 0.15) is 5.78 Å². The van der Waals surface area contributed by atoms with E-state index < -0.39 is 0 Å². The lowest BCUT2D eigenvalue weighted by Gasteiger charge is -2.39. The van der Waals surface area contributed by atoms with Gasteiger partial charge in [-0.15, -0.1) is 0 Å². The predicted octanol–water partition coefficient (Wildman–Crippen LogP) is 1.14. The first-order valence-electron chi connectivity index (χ1n) is 7.10. The van der Waals surface area contributed by atoms with Crippen LogP contribution >= 0.6 is 0 Å². The van der Waals surface area contributed by atoms with Crippen molar-refractivity contribution in [3.05, 3.63) is 0 Å². The molecule has 3 aliphatic rings. The van der Waals surface area contributed by atoms with E-state index in [1.807, 2.05) is 0 Å². The Morgan fingerprint density at radius 1 is 1.33 bits per heavy atom. The maximum atomic E-state index is 12.7. The summed E-state index contributed by atoms with van der Waals surface area (Å²) < 4.78 is 11.4. The van der Waals surface area contributed by atoms with Crippen LogP contribution in [0.25, 0.3) is 0 Å². The van der Waals surface area contributed by atoms with E-state index >= 15 is 0 Å². The molecule has 0 aromatic carbocycles. The zero-order valence-electron chi connectivity index (χ0n) is 11.2. The Bertz CT molecular complexity index is 330. The van der Waals surface area contributed by atoms with Crippen molar-refractivity contribution in [2.75, 3.05) is 32.9 Å². The molecule has 0 aromatic rings. The normalized spacial score (nSPS) is 44.6. The number of Topliss-reactive ketones (excluding diaryl/α,β-unsaturated/α-hetero) is 1. The van der Waals surface area contributed by atoms with E-state index in [2.05, 4.69) is 12.2 Å². The Morgan fingerprint density at radius 2 is 2.22 bits per heavy atom. The minimum absolute atomic E-state index is 0.150. The maximum Gasteiger partial charge on any atom is 0.143 e. The van der Waals surface area contributed by atoms with Gasteiger partial charge in [-0.25, -0.2) is 0 Å². The van der Waals surface area contributed by atoms with E-state index in [1.54, 1.807) is 0 Å². The third-order valence-corrected chi connectivity index (χ3v) is 4.89. The van der Waals surface area contributed by atoms with Gasteiger partial charge in [-0.3, -0.25) is 4.79 Å². The van der Waals surface area contributed by atoms with Crippen LogP contribution in [0.5, 0.6) is 0 Å². The summed E-state index contributed by atoms with van der Waals surface area (Å²) in [6, 6.07) is 0. The van der Waals surface area contributed by atoms with Gasteiger partial charge in [-0.05, 0) is 25.8 Å². The molecule has 18 heavy (non-hydrogen) atoms. The zero-order valence-corrected chi connectivity index (χ0v) is 11.2. The molecule has 3 aliphatic heterocycles. The van der Waals surface area contributed by atoms with Crippen molar-refractivity contribution in [2.24, 2.45) is 11.3 Å². The van der Waals surface area contributed by atoms with Crippen molar-refractivity contribution in [3.8, 4) is 0 Å². The largest absolute Gasteiger partial charge is 0.378 e. The van der Waals surface area contributed by atoms with Crippen LogP contribution in [0.1, 0.15) is 32.6 Å². The Hall–Kier alpha value is -0.450. The molecule has 0 aliphatic carbocycles. The van der Waals surface area contributed by atoms with Crippen LogP contribution in [0.3, 0.4) is 0 Å². The molecule has 3 unspecified atom stereocenters. The topological polar surface area (TPSA) is 47.6 Å². The van der Waals surface area contributed by atoms with Gasteiger partial charge in [0.05, 0.1) is 12.2 Å². The lowest BCUT2D eigenvalue weighted by Crippen LogP contribution is -2.46. The Morgan fingerprint density at radius 3 is 2.89 bits per heavy atom. The molecule has 1 N–H and O–H groups in total. The fourth-order valence-corrected chi connectivity index (χ4v) is 3.63. The number of carbonyl (C=O) groups is 1. The summed E-state index contributed by atoms with van der Waals surface area (Å²) in [5, 5.41) is 3.32. The highest BCUT2D eigenvalue weighted by atomic mass is 16.6. The highest BCUT2D eigenvalue weighted by molar-refractivity contribution is 5.87. The Labute approximate surface area is 108 Å². The van der Waals surface area contributed by atoms with Crippen LogP contribution in [-0.4, -0.2) is 44.3 Å². The first-order valence-corrected chi connectivity index (χ1v) is 7.10. The number of carbonyl (C=O) groups excluding carboxylic acids is 1. The molecule has 3 atom stereocenters. The summed E-state index contributed by atoms with van der Waals surface area (Å²) in [5.74, 6) is 0.618. The monoisotopic (exact) mass is 253 g/mol. The average Bonchev–Trinajstić information content (AvgIpc) is 2.99. The molecule has 102 valence electrons. The highest BCUT2D eigenvalue weighted by Crippen LogP contribution is 2.40. The summed E-state index contributed by atoms with van der Waals surface area (Å²) in [6.07, 6.45) is 3.68. The van der Waals surface area contributed by atoms with E-state index in [4.69, 9.17) is 9.47 Å². The van der Waals surface area contributed by atoms with Crippen molar-refractivity contribution in [1.29, 1.82) is 0 Å². The molecular formula is C14H23NO3. The van der Waals surface area contributed by atoms with Gasteiger partial charge in [0.15, 0.2) is 0 Å². The summed E-state index contributed by atoms with van der Waals surface area (Å²) in [5.41, 5.74) is -0.302. The number of nitrogens with one attached hydrogen (secondary N) is 1. The fourth-order valence-electron chi connectivity index (χ4n) is 3.63. The van der Waals surface area contributed by atoms with Gasteiger partial charge >= 0.3 is 0 Å². The van der Waals surface area contributed by atoms with E-state index in [0.29, 0.717) is 19.0 Å². The van der Waals surface area contributed by atoms with E-state index in [-0.39, 0.29) is 16.9 Å². The van der Waals surface area contributed by atoms with Crippen molar-refractivity contribution < 1.29 is 14.3 Å². The summed E-state index contributed by atoms with van der Waals surface area (Å²) >= 11 is 0. The smallest absolute Gasteiger partial charge is 0.143 e. The van der Waals surface area contributed by atoms with Gasteiger partial charge in [-0.2, -0.15) is 0 Å². The molecule has 0 aromatic heterocycles. The lowest BCUT2D eigenvalue weighted by atomic mass is 9.73. The molecule has 0 bridgehead atoms. The summed E-state index contributed by atoms with van der Waals surface area (Å²) in [4.78, 5) is 12.7. The SMILES string of the molecule is CC1(C(=O)C2CCOC3(CCOC3)C2)CCNC1. The third-order valence-electron chi connectivity index (χ3n) is 4.89. The van der Waals surface area contributed by atoms with Crippen LogP contribution in [-0.2, 0) is 14.3 Å². The molecule has 0 amide bonds. The van der Waals surface area contributed by atoms with Crippen LogP contribution in [0.15, 0.2) is 0 Å². The van der Waals surface area contributed by atoms with Gasteiger partial charge in [0.2, 0.25) is 0 Å². The van der Waals surface area contributed by atoms with E-state index in [0.717, 1.165) is 45.4 Å². The Kier molecular flexibility index (Phi) is 3.20. The van der Waals surface area contributed by atoms with E-state index in [9.17, 15) is 4.79 Å². The molecule has 3 rings (SSSR count). The van der Waals surface area contributed by atoms with Gasteiger partial charge in [-0.1, -0.05) is 6.92 Å². The van der Waals surface area contributed by atoms with Crippen LogP contribution in [0, 0.1) is 11.3 Å². The van der Waals surface area contributed by atoms with Crippen LogP contribution < -0.4 is 5.32 Å². The molecular weight excluding hydrogens is 230 g/mol. The number of ether oxygens (including phenoxy) is 2. The summed E-state index contributed by atoms with van der Waals surface area (Å²) in [6.45, 7) is 6.09. The van der Waals surface area contributed by atoms with Gasteiger partial charge in [0, 0.05) is 37.5 Å². The maximum absolute atomic E-state index is 12.7. The summed E-state index contributed by atoms with van der Waals surface area (Å²) in [7, 11) is 0. The van der Waals surface area contributed by atoms with Crippen LogP contribution in [0.2, 0.25) is 0 Å². The first-order chi connectivity index (χ1) is 8.64. The quantitative estimate of drug-likeness (QED) is 0.801. The minimum Gasteiger partial charge on any atom is -0.378 e. The Balaban J connectivity index is 1.70. The van der Waals surface area contributed by atoms with Crippen molar-refractivity contribution in [3.63, 3.8) is 0 Å². The number of hydrogen-bond acceptors (Lipinski definition) is 4. The van der Waals surface area contributed by atoms with Crippen molar-refractivity contribution in [1.82, 2.24) is 5.32 Å². The molecule has 4 heteroatoms. The second kappa shape index (κ2) is 4.58. The molecule has 0 saturated carbocycles. The third kappa shape index (κ3) is 2.10. The molecule has 4 nitrogen and oxygen atoms in total. The second-order valence-electron chi connectivity index (χ2n) is 6.38. The van der Waals surface area contributed by atoms with Gasteiger partial charge < -0.3 is 14.8 Å². The predicted molar refractivity (Wildman–Crippen MR) is 67.4 cm³/mol. The van der Waals surface area contributed by atoms with Gasteiger partial charge in [0.25, 0.3) is 0 Å². The molecule has 3 fully saturated rings. The van der Waals surface area contributed by atoms with Crippen molar-refractivity contribution >= 4 is 5.78 Å². The van der Waals surface area contributed by atoms with E-state index in [1.165, 1.54) is 0 Å². The zero-order chi connectivity index (χ0) is 12.6. The minimum atomic E-state index is -0.152. The second-order valence-corrected chi connectivity index (χ2v) is 6.38. The number of ketones is 1. The van der Waals surface area contributed by atoms with Crippen LogP contribution in [0.4, 0.5) is 0 Å². The molecule has 3 heterocycles. The first kappa shape index (κ1) is 12.6.